The number of aliphatic imine (C=N–C) groups is 1. The summed E-state index contributed by atoms with van der Waals surface area (Å²) in [6.45, 7) is 0.521. The zero-order valence-electron chi connectivity index (χ0n) is 19.7. The van der Waals surface area contributed by atoms with Gasteiger partial charge in [-0.05, 0) is 66.2 Å². The second-order valence-electron chi connectivity index (χ2n) is 8.70. The number of benzene rings is 2. The van der Waals surface area contributed by atoms with Crippen LogP contribution in [0.5, 0.6) is 0 Å². The Bertz CT molecular complexity index is 1510. The van der Waals surface area contributed by atoms with Crippen molar-refractivity contribution in [1.82, 2.24) is 9.97 Å². The van der Waals surface area contributed by atoms with Gasteiger partial charge in [-0.15, -0.1) is 9.24 Å². The number of aromatic carboxylic acids is 1. The molecule has 1 atom stereocenters. The summed E-state index contributed by atoms with van der Waals surface area (Å²) in [5.41, 5.74) is 5.09. The fraction of sp³-hybridized carbons (Fsp3) is 0.143. The summed E-state index contributed by atoms with van der Waals surface area (Å²) >= 11 is 6.43. The van der Waals surface area contributed by atoms with Gasteiger partial charge in [0.1, 0.15) is 5.83 Å². The molecule has 0 bridgehead atoms. The predicted molar refractivity (Wildman–Crippen MR) is 149 cm³/mol. The summed E-state index contributed by atoms with van der Waals surface area (Å²) in [5, 5.41) is 13.8. The Kier molecular flexibility index (Phi) is 7.26. The highest BCUT2D eigenvalue weighted by Gasteiger charge is 2.23. The first kappa shape index (κ1) is 25.0. The van der Waals surface area contributed by atoms with E-state index in [1.807, 2.05) is 18.2 Å². The van der Waals surface area contributed by atoms with Gasteiger partial charge in [0.25, 0.3) is 0 Å². The highest BCUT2D eigenvalue weighted by atomic mass is 35.5. The van der Waals surface area contributed by atoms with Gasteiger partial charge in [-0.25, -0.2) is 19.2 Å². The minimum Gasteiger partial charge on any atom is -0.478 e. The van der Waals surface area contributed by atoms with Crippen molar-refractivity contribution < 1.29 is 14.3 Å². The standard InChI is InChI=1S/C28H23ClFN4O2P/c29-18-8-11-21-22(13-18)26(23-14-20(37)4-1-5-24(23)30)31-12-2-3-17-15-32-28(34-25(17)21)33-19-9-6-16(7-10-19)27(35)36/h1,4-11,13,15H,2-3,12,14,37H2,(H,35,36)(H,32,33,34). The normalized spacial score (nSPS) is 15.3. The number of nitrogens with zero attached hydrogens (tertiary/aromatic N) is 3. The lowest BCUT2D eigenvalue weighted by Gasteiger charge is -2.17. The molecule has 1 aliphatic carbocycles. The molecular formula is C28H23ClFN4O2P. The van der Waals surface area contributed by atoms with Gasteiger partial charge in [0, 0.05) is 46.6 Å². The summed E-state index contributed by atoms with van der Waals surface area (Å²) in [5.74, 6) is -0.959. The second kappa shape index (κ2) is 10.8. The molecule has 0 spiro atoms. The lowest BCUT2D eigenvalue weighted by molar-refractivity contribution is 0.0697. The molecule has 5 rings (SSSR count). The smallest absolute Gasteiger partial charge is 0.335 e. The number of hydrogen-bond donors (Lipinski definition) is 2. The zero-order chi connectivity index (χ0) is 25.9. The van der Waals surface area contributed by atoms with E-state index in [0.717, 1.165) is 22.9 Å². The van der Waals surface area contributed by atoms with Crippen LogP contribution in [-0.2, 0) is 6.42 Å². The molecule has 3 aromatic rings. The number of fused-ring (bicyclic) bond motifs is 3. The molecular weight excluding hydrogens is 510 g/mol. The third kappa shape index (κ3) is 5.53. The SMILES string of the molecule is O=C(O)c1ccc(Nc2ncc3c(n2)-c2ccc(Cl)cc2C(C2=C(F)C=CC=C(P)C2)=NCCC3)cc1. The topological polar surface area (TPSA) is 87.5 Å². The summed E-state index contributed by atoms with van der Waals surface area (Å²) in [4.78, 5) is 25.3. The molecule has 2 aromatic carbocycles. The largest absolute Gasteiger partial charge is 0.478 e. The fourth-order valence-electron chi connectivity index (χ4n) is 4.33. The molecule has 9 heteroatoms. The van der Waals surface area contributed by atoms with Crippen LogP contribution in [-0.4, -0.2) is 33.3 Å². The van der Waals surface area contributed by atoms with Crippen molar-refractivity contribution in [2.45, 2.75) is 19.3 Å². The van der Waals surface area contributed by atoms with Crippen LogP contribution in [0.4, 0.5) is 16.0 Å². The van der Waals surface area contributed by atoms with Gasteiger partial charge in [-0.3, -0.25) is 4.99 Å². The van der Waals surface area contributed by atoms with E-state index >= 15 is 4.39 Å². The number of nitrogens with one attached hydrogen (secondary N) is 1. The minimum atomic E-state index is -0.993. The maximum Gasteiger partial charge on any atom is 0.335 e. The molecule has 6 nitrogen and oxygen atoms in total. The number of carbonyl (C=O) groups is 1. The van der Waals surface area contributed by atoms with Gasteiger partial charge >= 0.3 is 5.97 Å². The molecule has 0 saturated carbocycles. The van der Waals surface area contributed by atoms with Gasteiger partial charge < -0.3 is 10.4 Å². The average molecular weight is 533 g/mol. The Labute approximate surface area is 220 Å². The monoisotopic (exact) mass is 532 g/mol. The quantitative estimate of drug-likeness (QED) is 0.356. The van der Waals surface area contributed by atoms with Gasteiger partial charge in [0.05, 0.1) is 17.0 Å². The zero-order valence-corrected chi connectivity index (χ0v) is 21.6. The Morgan fingerprint density at radius 2 is 1.95 bits per heavy atom. The lowest BCUT2D eigenvalue weighted by Crippen LogP contribution is -2.10. The first-order valence-corrected chi connectivity index (χ1v) is 12.7. The van der Waals surface area contributed by atoms with Crippen molar-refractivity contribution in [3.05, 3.63) is 105 Å². The third-order valence-corrected chi connectivity index (χ3v) is 6.76. The molecule has 0 fully saturated rings. The predicted octanol–water partition coefficient (Wildman–Crippen LogP) is 6.92. The number of aryl methyl sites for hydroxylation is 1. The number of anilines is 2. The maximum absolute atomic E-state index is 15.2. The summed E-state index contributed by atoms with van der Waals surface area (Å²) < 4.78 is 15.2. The summed E-state index contributed by atoms with van der Waals surface area (Å²) in [6.07, 6.45) is 8.68. The van der Waals surface area contributed by atoms with Crippen molar-refractivity contribution in [2.24, 2.45) is 4.99 Å². The average Bonchev–Trinajstić information content (AvgIpc) is 3.00. The molecule has 2 heterocycles. The van der Waals surface area contributed by atoms with E-state index in [2.05, 4.69) is 19.5 Å². The maximum atomic E-state index is 15.2. The van der Waals surface area contributed by atoms with E-state index in [1.54, 1.807) is 30.5 Å². The molecule has 2 aliphatic rings. The van der Waals surface area contributed by atoms with E-state index in [1.165, 1.54) is 18.2 Å². The Balaban J connectivity index is 1.61. The number of halogens is 2. The van der Waals surface area contributed by atoms with E-state index in [9.17, 15) is 4.79 Å². The minimum absolute atomic E-state index is 0.192. The van der Waals surface area contributed by atoms with Crippen molar-refractivity contribution in [3.63, 3.8) is 0 Å². The number of aromatic nitrogens is 2. The first-order valence-electron chi connectivity index (χ1n) is 11.7. The molecule has 2 N–H and O–H groups in total. The van der Waals surface area contributed by atoms with Crippen LogP contribution in [0.15, 0.2) is 88.6 Å². The van der Waals surface area contributed by atoms with Crippen LogP contribution in [0, 0.1) is 0 Å². The van der Waals surface area contributed by atoms with E-state index < -0.39 is 5.97 Å². The van der Waals surface area contributed by atoms with Crippen LogP contribution in [0.25, 0.3) is 11.3 Å². The van der Waals surface area contributed by atoms with Crippen LogP contribution >= 0.6 is 20.8 Å². The van der Waals surface area contributed by atoms with Gasteiger partial charge in [-0.1, -0.05) is 29.8 Å². The van der Waals surface area contributed by atoms with E-state index in [4.69, 9.17) is 26.7 Å². The summed E-state index contributed by atoms with van der Waals surface area (Å²) in [7, 11) is 2.66. The Hall–Kier alpha value is -3.67. The van der Waals surface area contributed by atoms with Crippen molar-refractivity contribution >= 4 is 44.2 Å². The molecule has 1 aliphatic heterocycles. The van der Waals surface area contributed by atoms with Crippen molar-refractivity contribution in [3.8, 4) is 11.3 Å². The van der Waals surface area contributed by atoms with Crippen molar-refractivity contribution in [2.75, 3.05) is 11.9 Å². The van der Waals surface area contributed by atoms with Crippen LogP contribution < -0.4 is 5.32 Å². The molecule has 0 radical (unpaired) electrons. The molecule has 1 unspecified atom stereocenters. The first-order chi connectivity index (χ1) is 17.9. The molecule has 0 amide bonds. The third-order valence-electron chi connectivity index (χ3n) is 6.13. The van der Waals surface area contributed by atoms with E-state index in [0.29, 0.717) is 58.6 Å². The number of carboxylic acids is 1. The highest BCUT2D eigenvalue weighted by molar-refractivity contribution is 7.22. The second-order valence-corrected chi connectivity index (χ2v) is 9.88. The van der Waals surface area contributed by atoms with Crippen molar-refractivity contribution in [1.29, 1.82) is 0 Å². The molecule has 186 valence electrons. The number of rotatable bonds is 4. The van der Waals surface area contributed by atoms with Gasteiger partial charge in [0.2, 0.25) is 5.95 Å². The van der Waals surface area contributed by atoms with Crippen LogP contribution in [0.1, 0.15) is 34.3 Å². The number of carboxylic acid groups (broad SMARTS) is 1. The number of hydrogen-bond acceptors (Lipinski definition) is 5. The molecule has 0 saturated heterocycles. The highest BCUT2D eigenvalue weighted by Crippen LogP contribution is 2.35. The van der Waals surface area contributed by atoms with Gasteiger partial charge in [-0.2, -0.15) is 0 Å². The number of allylic oxidation sites excluding steroid dienone is 6. The van der Waals surface area contributed by atoms with Crippen LogP contribution in [0.2, 0.25) is 5.02 Å². The Morgan fingerprint density at radius 3 is 2.73 bits per heavy atom. The van der Waals surface area contributed by atoms with E-state index in [-0.39, 0.29) is 11.4 Å². The molecule has 1 aromatic heterocycles. The Morgan fingerprint density at radius 1 is 1.14 bits per heavy atom. The van der Waals surface area contributed by atoms with Crippen LogP contribution in [0.3, 0.4) is 0 Å². The lowest BCUT2D eigenvalue weighted by atomic mass is 9.92. The summed E-state index contributed by atoms with van der Waals surface area (Å²) in [6, 6.07) is 11.8. The fourth-order valence-corrected chi connectivity index (χ4v) is 4.82. The van der Waals surface area contributed by atoms with Gasteiger partial charge in [0.15, 0.2) is 0 Å². The molecule has 37 heavy (non-hydrogen) atoms.